The number of carbonyl (C=O) groups excluding carboxylic acids is 2. The highest BCUT2D eigenvalue weighted by molar-refractivity contribution is 7.17. The number of nitrogens with one attached hydrogen (secondary N) is 2. The minimum absolute atomic E-state index is 0.0940. The molecule has 3 unspecified atom stereocenters. The Morgan fingerprint density at radius 2 is 1.58 bits per heavy atom. The van der Waals surface area contributed by atoms with E-state index < -0.39 is 6.04 Å². The quantitative estimate of drug-likeness (QED) is 0.121. The monoisotopic (exact) mass is 625 g/mol. The molecule has 4 aromatic rings. The Labute approximate surface area is 268 Å². The van der Waals surface area contributed by atoms with Crippen LogP contribution in [-0.4, -0.2) is 24.3 Å². The molecule has 0 saturated heterocycles. The van der Waals surface area contributed by atoms with Crippen LogP contribution in [0.15, 0.2) is 103 Å². The van der Waals surface area contributed by atoms with Crippen LogP contribution in [-0.2, 0) is 22.6 Å². The van der Waals surface area contributed by atoms with Crippen molar-refractivity contribution in [3.05, 3.63) is 131 Å². The highest BCUT2D eigenvalue weighted by atomic mass is 31.0. The number of rotatable bonds is 12. The smallest absolute Gasteiger partial charge is 0.214 e. The van der Waals surface area contributed by atoms with Crippen molar-refractivity contribution in [1.29, 1.82) is 0 Å². The molecule has 1 amide bonds. The fraction of sp³-hybridized carbons (Fsp3) is 0.243. The summed E-state index contributed by atoms with van der Waals surface area (Å²) in [4.78, 5) is 22.2. The summed E-state index contributed by atoms with van der Waals surface area (Å²) in [5.74, 6) is 6.46. The first-order valence-corrected chi connectivity index (χ1v) is 15.4. The van der Waals surface area contributed by atoms with Crippen molar-refractivity contribution in [2.24, 2.45) is 11.7 Å². The Bertz CT molecular complexity index is 1580. The Hall–Kier alpha value is -4.50. The number of ether oxygens (including phenoxy) is 1. The van der Waals surface area contributed by atoms with Gasteiger partial charge in [0.25, 0.3) is 0 Å². The zero-order valence-corrected chi connectivity index (χ0v) is 27.1. The maximum Gasteiger partial charge on any atom is 0.214 e. The number of amides is 1. The molecule has 0 saturated carbocycles. The molecule has 0 aliphatic carbocycles. The van der Waals surface area contributed by atoms with Crippen LogP contribution in [0, 0.1) is 23.6 Å². The van der Waals surface area contributed by atoms with Gasteiger partial charge in [-0.2, -0.15) is 0 Å². The van der Waals surface area contributed by atoms with E-state index in [-0.39, 0.29) is 35.8 Å². The van der Waals surface area contributed by atoms with E-state index in [2.05, 4.69) is 55.6 Å². The van der Waals surface area contributed by atoms with Crippen molar-refractivity contribution >= 4 is 26.6 Å². The van der Waals surface area contributed by atoms with Gasteiger partial charge < -0.3 is 21.1 Å². The zero-order chi connectivity index (χ0) is 32.6. The predicted octanol–water partition coefficient (Wildman–Crippen LogP) is 6.66. The van der Waals surface area contributed by atoms with Crippen LogP contribution in [0.1, 0.15) is 48.8 Å². The van der Waals surface area contributed by atoms with Crippen molar-refractivity contribution in [3.63, 3.8) is 0 Å². The van der Waals surface area contributed by atoms with Gasteiger partial charge in [-0.15, -0.1) is 9.24 Å². The van der Waals surface area contributed by atoms with Crippen LogP contribution in [0.25, 0.3) is 0 Å². The van der Waals surface area contributed by atoms with Crippen molar-refractivity contribution in [1.82, 2.24) is 5.32 Å². The molecule has 0 spiro atoms. The topological polar surface area (TPSA) is 93.4 Å². The first kappa shape index (κ1) is 35.0. The van der Waals surface area contributed by atoms with E-state index in [0.717, 1.165) is 29.0 Å². The molecule has 4 rings (SSSR count). The van der Waals surface area contributed by atoms with Crippen molar-refractivity contribution in [3.8, 4) is 17.6 Å². The van der Waals surface area contributed by atoms with E-state index in [1.165, 1.54) is 24.6 Å². The highest BCUT2D eigenvalue weighted by Crippen LogP contribution is 2.24. The van der Waals surface area contributed by atoms with Crippen molar-refractivity contribution in [2.45, 2.75) is 45.6 Å². The molecule has 4 N–H and O–H groups in total. The Kier molecular flexibility index (Phi) is 14.3. The molecule has 0 bridgehead atoms. The highest BCUT2D eigenvalue weighted by Gasteiger charge is 2.21. The molecule has 6 nitrogen and oxygen atoms in total. The maximum absolute atomic E-state index is 13.3. The minimum atomic E-state index is -0.429. The number of Topliss-reactive ketones (excluding diaryl/α,β-unsaturated/α-hetero) is 1. The molecule has 0 aliphatic rings. The van der Waals surface area contributed by atoms with E-state index in [1.807, 2.05) is 74.5 Å². The summed E-state index contributed by atoms with van der Waals surface area (Å²) in [6.07, 6.45) is 0.502. The van der Waals surface area contributed by atoms with Gasteiger partial charge in [-0.25, -0.2) is 4.39 Å². The van der Waals surface area contributed by atoms with Crippen LogP contribution < -0.4 is 21.1 Å². The summed E-state index contributed by atoms with van der Waals surface area (Å²) >= 11 is 0. The van der Waals surface area contributed by atoms with Crippen LogP contribution in [0.5, 0.6) is 5.75 Å². The lowest BCUT2D eigenvalue weighted by atomic mass is 9.94. The van der Waals surface area contributed by atoms with Gasteiger partial charge in [0.05, 0.1) is 6.04 Å². The van der Waals surface area contributed by atoms with E-state index in [1.54, 1.807) is 12.1 Å². The Balaban J connectivity index is 0.00000130. The lowest BCUT2D eigenvalue weighted by Crippen LogP contribution is -2.34. The summed E-state index contributed by atoms with van der Waals surface area (Å²) in [6, 6.07) is 31.8. The molecule has 0 heterocycles. The Morgan fingerprint density at radius 3 is 2.27 bits per heavy atom. The first-order valence-electron chi connectivity index (χ1n) is 14.8. The molecule has 4 aromatic carbocycles. The van der Waals surface area contributed by atoms with Gasteiger partial charge in [-0.05, 0) is 71.6 Å². The maximum atomic E-state index is 13.3. The van der Waals surface area contributed by atoms with E-state index >= 15 is 0 Å². The fourth-order valence-corrected chi connectivity index (χ4v) is 4.71. The largest absolute Gasteiger partial charge is 0.481 e. The van der Waals surface area contributed by atoms with Gasteiger partial charge in [0.1, 0.15) is 18.2 Å². The van der Waals surface area contributed by atoms with Gasteiger partial charge in [-0.1, -0.05) is 80.3 Å². The second-order valence-corrected chi connectivity index (χ2v) is 11.4. The molecule has 8 heteroatoms. The van der Waals surface area contributed by atoms with Gasteiger partial charge in [0.15, 0.2) is 5.78 Å². The second kappa shape index (κ2) is 18.3. The summed E-state index contributed by atoms with van der Waals surface area (Å²) in [5, 5.41) is 6.79. The number of primary amides is 1. The van der Waals surface area contributed by atoms with Crippen LogP contribution in [0.4, 0.5) is 10.1 Å². The van der Waals surface area contributed by atoms with Crippen molar-refractivity contribution in [2.75, 3.05) is 11.9 Å². The lowest BCUT2D eigenvalue weighted by Gasteiger charge is -2.21. The number of ketones is 1. The molecule has 0 aliphatic heterocycles. The third-order valence-electron chi connectivity index (χ3n) is 6.59. The molecule has 45 heavy (non-hydrogen) atoms. The zero-order valence-electron chi connectivity index (χ0n) is 25.9. The SMILES string of the molecule is CC(C)C(=O)C(Cc1cccc(C#CCOc2cccc(C(P)NCc3ccccc3)c2)c1)Nc1ccc(F)cc1.CC(N)=O. The van der Waals surface area contributed by atoms with Crippen LogP contribution in [0.3, 0.4) is 0 Å². The standard InChI is InChI=1S/C35H36FN2O2P.C2H5NO/c1-25(2)34(39)33(38-31-18-16-30(36)17-19-31)22-28-12-6-11-26(21-28)13-8-20-40-32-15-7-14-29(23-32)35(41)37-24-27-9-4-3-5-10-27;1-2(3)4/h3-7,9-12,14-19,21,23,25,33,35,37-38H,20,22,24,41H2,1-2H3;1H3,(H2,3,4). The van der Waals surface area contributed by atoms with Gasteiger partial charge >= 0.3 is 0 Å². The third-order valence-corrected chi connectivity index (χ3v) is 7.21. The van der Waals surface area contributed by atoms with E-state index in [9.17, 15) is 14.0 Å². The average molecular weight is 626 g/mol. The third kappa shape index (κ3) is 12.9. The normalized spacial score (nSPS) is 11.7. The second-order valence-electron chi connectivity index (χ2n) is 10.8. The van der Waals surface area contributed by atoms with Crippen LogP contribution in [0.2, 0.25) is 0 Å². The summed E-state index contributed by atoms with van der Waals surface area (Å²) in [7, 11) is 2.84. The summed E-state index contributed by atoms with van der Waals surface area (Å²) in [5.41, 5.74) is 9.38. The molecule has 0 aromatic heterocycles. The van der Waals surface area contributed by atoms with E-state index in [4.69, 9.17) is 4.74 Å². The number of hydrogen-bond donors (Lipinski definition) is 3. The number of benzene rings is 4. The van der Waals surface area contributed by atoms with Gasteiger partial charge in [0, 0.05) is 36.4 Å². The van der Waals surface area contributed by atoms with Crippen LogP contribution >= 0.6 is 9.24 Å². The van der Waals surface area contributed by atoms with Gasteiger partial charge in [0.2, 0.25) is 5.91 Å². The number of hydrogen-bond acceptors (Lipinski definition) is 5. The predicted molar refractivity (Wildman–Crippen MR) is 183 cm³/mol. The lowest BCUT2D eigenvalue weighted by molar-refractivity contribution is -0.122. The fourth-order valence-electron chi connectivity index (χ4n) is 4.38. The molecule has 234 valence electrons. The Morgan fingerprint density at radius 1 is 0.911 bits per heavy atom. The molecule has 0 radical (unpaired) electrons. The molecular formula is C37H41FN3O3P. The summed E-state index contributed by atoms with van der Waals surface area (Å²) in [6.45, 7) is 6.12. The summed E-state index contributed by atoms with van der Waals surface area (Å²) < 4.78 is 19.3. The minimum Gasteiger partial charge on any atom is -0.481 e. The molecular weight excluding hydrogens is 584 g/mol. The van der Waals surface area contributed by atoms with E-state index in [0.29, 0.717) is 12.1 Å². The number of nitrogens with two attached hydrogens (primary N) is 1. The number of halogens is 1. The average Bonchev–Trinajstić information content (AvgIpc) is 3.03. The van der Waals surface area contributed by atoms with Gasteiger partial charge in [-0.3, -0.25) is 9.59 Å². The first-order chi connectivity index (χ1) is 21.6. The number of anilines is 1. The molecule has 3 atom stereocenters. The van der Waals surface area contributed by atoms with Crippen molar-refractivity contribution < 1.29 is 18.7 Å². The number of carbonyl (C=O) groups is 2. The molecule has 0 fully saturated rings.